The Labute approximate surface area is 98.6 Å². The van der Waals surface area contributed by atoms with Crippen molar-refractivity contribution in [3.05, 3.63) is 22.5 Å². The Bertz CT molecular complexity index is 394. The molecule has 3 N–H and O–H groups in total. The maximum Gasteiger partial charge on any atom is 0.305 e. The molecule has 0 aromatic carbocycles. The Kier molecular flexibility index (Phi) is 3.48. The van der Waals surface area contributed by atoms with E-state index >= 15 is 0 Å². The third-order valence-electron chi connectivity index (χ3n) is 2.98. The van der Waals surface area contributed by atoms with Crippen LogP contribution in [0.3, 0.4) is 0 Å². The summed E-state index contributed by atoms with van der Waals surface area (Å²) in [4.78, 5) is 17.7. The molecule has 2 rings (SSSR count). The van der Waals surface area contributed by atoms with Gasteiger partial charge in [-0.3, -0.25) is 10.1 Å². The smallest absolute Gasteiger partial charge is 0.305 e. The number of nitrogens with zero attached hydrogens (tertiary/aromatic N) is 3. The van der Waals surface area contributed by atoms with Gasteiger partial charge in [-0.2, -0.15) is 0 Å². The first kappa shape index (κ1) is 11.7. The predicted octanol–water partition coefficient (Wildman–Crippen LogP) is 1.07. The molecule has 0 aliphatic heterocycles. The van der Waals surface area contributed by atoms with Crippen molar-refractivity contribution in [2.24, 2.45) is 5.73 Å². The first-order chi connectivity index (χ1) is 8.16. The first-order valence-electron chi connectivity index (χ1n) is 5.65. The fourth-order valence-corrected chi connectivity index (χ4v) is 1.99. The fraction of sp³-hybridized carbons (Fsp3) is 0.600. The van der Waals surface area contributed by atoms with Crippen LogP contribution >= 0.6 is 0 Å². The van der Waals surface area contributed by atoms with E-state index in [4.69, 9.17) is 5.73 Å². The Morgan fingerprint density at radius 1 is 1.35 bits per heavy atom. The van der Waals surface area contributed by atoms with Gasteiger partial charge in [0.1, 0.15) is 12.4 Å². The lowest BCUT2D eigenvalue weighted by Gasteiger charge is -2.29. The highest BCUT2D eigenvalue weighted by atomic mass is 16.6. The van der Waals surface area contributed by atoms with Crippen molar-refractivity contribution < 1.29 is 4.92 Å². The van der Waals surface area contributed by atoms with Crippen LogP contribution in [0.25, 0.3) is 0 Å². The average Bonchev–Trinajstić information content (AvgIpc) is 2.33. The molecule has 0 radical (unpaired) electrons. The minimum atomic E-state index is -0.518. The molecule has 0 bridgehead atoms. The number of nitro groups is 1. The molecular weight excluding hydrogens is 222 g/mol. The molecule has 1 heterocycles. The molecule has 0 amide bonds. The Morgan fingerprint density at radius 2 is 2.00 bits per heavy atom. The van der Waals surface area contributed by atoms with Crippen LogP contribution in [0.1, 0.15) is 25.7 Å². The van der Waals surface area contributed by atoms with Crippen molar-refractivity contribution in [3.63, 3.8) is 0 Å². The lowest BCUT2D eigenvalue weighted by molar-refractivity contribution is -0.385. The lowest BCUT2D eigenvalue weighted by atomic mass is 9.91. The normalized spacial score (nSPS) is 24.3. The molecule has 0 spiro atoms. The molecule has 0 saturated heterocycles. The standard InChI is InChI=1S/C10H15N5O2/c11-8-3-1-2-4-9(8)14-10-12-5-7(6-13-10)15(16)17/h5-6,8-9H,1-4,11H2,(H,12,13,14). The molecule has 1 aliphatic rings. The zero-order chi connectivity index (χ0) is 12.3. The van der Waals surface area contributed by atoms with Gasteiger partial charge >= 0.3 is 5.69 Å². The highest BCUT2D eigenvalue weighted by molar-refractivity contribution is 5.32. The maximum absolute atomic E-state index is 10.4. The molecule has 1 saturated carbocycles. The van der Waals surface area contributed by atoms with E-state index in [2.05, 4.69) is 15.3 Å². The van der Waals surface area contributed by atoms with E-state index < -0.39 is 4.92 Å². The number of hydrogen-bond acceptors (Lipinski definition) is 6. The van der Waals surface area contributed by atoms with E-state index in [1.54, 1.807) is 0 Å². The second-order valence-corrected chi connectivity index (χ2v) is 4.22. The Morgan fingerprint density at radius 3 is 2.59 bits per heavy atom. The third kappa shape index (κ3) is 2.88. The zero-order valence-corrected chi connectivity index (χ0v) is 9.37. The van der Waals surface area contributed by atoms with Crippen molar-refractivity contribution in [2.45, 2.75) is 37.8 Å². The highest BCUT2D eigenvalue weighted by Gasteiger charge is 2.22. The Balaban J connectivity index is 2.00. The molecule has 2 atom stereocenters. The van der Waals surface area contributed by atoms with Crippen LogP contribution in [-0.2, 0) is 0 Å². The molecule has 1 aliphatic carbocycles. The zero-order valence-electron chi connectivity index (χ0n) is 9.37. The molecular formula is C10H15N5O2. The van der Waals surface area contributed by atoms with Crippen molar-refractivity contribution in [3.8, 4) is 0 Å². The van der Waals surface area contributed by atoms with Crippen LogP contribution in [0, 0.1) is 10.1 Å². The van der Waals surface area contributed by atoms with Crippen LogP contribution in [0.4, 0.5) is 11.6 Å². The van der Waals surface area contributed by atoms with Gasteiger partial charge in [0.2, 0.25) is 5.95 Å². The summed E-state index contributed by atoms with van der Waals surface area (Å²) in [5.74, 6) is 0.401. The number of nitrogens with two attached hydrogens (primary N) is 1. The summed E-state index contributed by atoms with van der Waals surface area (Å²) in [5.41, 5.74) is 5.87. The van der Waals surface area contributed by atoms with Gasteiger partial charge in [0.25, 0.3) is 0 Å². The van der Waals surface area contributed by atoms with Gasteiger partial charge in [0.15, 0.2) is 0 Å². The fourth-order valence-electron chi connectivity index (χ4n) is 1.99. The van der Waals surface area contributed by atoms with Crippen LogP contribution in [0.2, 0.25) is 0 Å². The van der Waals surface area contributed by atoms with E-state index in [9.17, 15) is 10.1 Å². The van der Waals surface area contributed by atoms with E-state index in [0.717, 1.165) is 25.7 Å². The monoisotopic (exact) mass is 237 g/mol. The van der Waals surface area contributed by atoms with Gasteiger partial charge in [-0.25, -0.2) is 9.97 Å². The third-order valence-corrected chi connectivity index (χ3v) is 2.98. The number of aromatic nitrogens is 2. The first-order valence-corrected chi connectivity index (χ1v) is 5.65. The molecule has 1 aromatic heterocycles. The summed E-state index contributed by atoms with van der Waals surface area (Å²) in [6, 6.07) is 0.257. The van der Waals surface area contributed by atoms with Crippen molar-refractivity contribution >= 4 is 11.6 Å². The molecule has 2 unspecified atom stereocenters. The number of rotatable bonds is 3. The van der Waals surface area contributed by atoms with Gasteiger partial charge in [0.05, 0.1) is 4.92 Å². The molecule has 7 heteroatoms. The van der Waals surface area contributed by atoms with Crippen LogP contribution in [0.5, 0.6) is 0 Å². The van der Waals surface area contributed by atoms with Crippen molar-refractivity contribution in [1.82, 2.24) is 9.97 Å². The summed E-state index contributed by atoms with van der Waals surface area (Å²) in [6.07, 6.45) is 6.67. The molecule has 92 valence electrons. The van der Waals surface area contributed by atoms with Gasteiger partial charge < -0.3 is 11.1 Å². The van der Waals surface area contributed by atoms with Crippen LogP contribution < -0.4 is 11.1 Å². The summed E-state index contributed by atoms with van der Waals surface area (Å²) < 4.78 is 0. The second-order valence-electron chi connectivity index (χ2n) is 4.22. The molecule has 7 nitrogen and oxygen atoms in total. The second kappa shape index (κ2) is 5.05. The lowest BCUT2D eigenvalue weighted by Crippen LogP contribution is -2.42. The quantitative estimate of drug-likeness (QED) is 0.601. The van der Waals surface area contributed by atoms with E-state index in [1.807, 2.05) is 0 Å². The van der Waals surface area contributed by atoms with E-state index in [-0.39, 0.29) is 17.8 Å². The Hall–Kier alpha value is -1.76. The average molecular weight is 237 g/mol. The summed E-state index contributed by atoms with van der Waals surface area (Å²) >= 11 is 0. The molecule has 17 heavy (non-hydrogen) atoms. The summed E-state index contributed by atoms with van der Waals surface area (Å²) in [6.45, 7) is 0. The minimum absolute atomic E-state index is 0.0996. The number of hydrogen-bond donors (Lipinski definition) is 2. The van der Waals surface area contributed by atoms with Crippen LogP contribution in [0.15, 0.2) is 12.4 Å². The molecule has 1 fully saturated rings. The predicted molar refractivity (Wildman–Crippen MR) is 62.5 cm³/mol. The van der Waals surface area contributed by atoms with Gasteiger partial charge in [-0.1, -0.05) is 12.8 Å². The topological polar surface area (TPSA) is 107 Å². The van der Waals surface area contributed by atoms with E-state index in [0.29, 0.717) is 5.95 Å². The largest absolute Gasteiger partial charge is 0.350 e. The van der Waals surface area contributed by atoms with E-state index in [1.165, 1.54) is 12.4 Å². The molecule has 1 aromatic rings. The summed E-state index contributed by atoms with van der Waals surface area (Å²) in [5, 5.41) is 13.6. The van der Waals surface area contributed by atoms with Crippen molar-refractivity contribution in [1.29, 1.82) is 0 Å². The minimum Gasteiger partial charge on any atom is -0.350 e. The number of anilines is 1. The van der Waals surface area contributed by atoms with Crippen molar-refractivity contribution in [2.75, 3.05) is 5.32 Å². The van der Waals surface area contributed by atoms with Crippen LogP contribution in [-0.4, -0.2) is 27.0 Å². The maximum atomic E-state index is 10.4. The SMILES string of the molecule is NC1CCCCC1Nc1ncc([N+](=O)[O-])cn1. The highest BCUT2D eigenvalue weighted by Crippen LogP contribution is 2.19. The van der Waals surface area contributed by atoms with Gasteiger partial charge in [-0.05, 0) is 12.8 Å². The van der Waals surface area contributed by atoms with Gasteiger partial charge in [0, 0.05) is 12.1 Å². The van der Waals surface area contributed by atoms with Gasteiger partial charge in [-0.15, -0.1) is 0 Å². The summed E-state index contributed by atoms with van der Waals surface area (Å²) in [7, 11) is 0. The number of nitrogens with one attached hydrogen (secondary N) is 1.